The first-order valence-corrected chi connectivity index (χ1v) is 5.26. The molecule has 0 unspecified atom stereocenters. The summed E-state index contributed by atoms with van der Waals surface area (Å²) in [4.78, 5) is 3.05. The van der Waals surface area contributed by atoms with Crippen molar-refractivity contribution in [2.75, 3.05) is 0 Å². The number of H-pyrrole nitrogens is 1. The second-order valence-electron chi connectivity index (χ2n) is 2.20. The zero-order valence-corrected chi connectivity index (χ0v) is 10.7. The van der Waals surface area contributed by atoms with Crippen LogP contribution in [0.2, 0.25) is 0 Å². The Labute approximate surface area is 87.0 Å². The minimum absolute atomic E-state index is 0.796. The van der Waals surface area contributed by atoms with E-state index in [2.05, 4.69) is 4.98 Å². The van der Waals surface area contributed by atoms with Gasteiger partial charge in [0.05, 0.1) is 0 Å². The van der Waals surface area contributed by atoms with Crippen molar-refractivity contribution in [1.82, 2.24) is 9.55 Å². The lowest BCUT2D eigenvalue weighted by molar-refractivity contribution is 0.856. The van der Waals surface area contributed by atoms with Crippen molar-refractivity contribution < 1.29 is 0 Å². The molecule has 0 saturated carbocycles. The third kappa shape index (κ3) is 4.27. The van der Waals surface area contributed by atoms with Crippen LogP contribution in [0.5, 0.6) is 0 Å². The lowest BCUT2D eigenvalue weighted by Crippen LogP contribution is -1.89. The molecule has 1 aromatic heterocycles. The molecule has 0 bridgehead atoms. The Balaban J connectivity index is 0. The molecule has 2 nitrogen and oxygen atoms in total. The molecule has 0 aliphatic carbocycles. The third-order valence-electron chi connectivity index (χ3n) is 1.64. The Bertz CT molecular complexity index is 271. The average Bonchev–Trinajstić information content (AvgIpc) is 2.40. The molecule has 0 amide bonds. The molecular formula is C10H22N2S. The lowest BCUT2D eigenvalue weighted by Gasteiger charge is -1.91. The van der Waals surface area contributed by atoms with Crippen LogP contribution < -0.4 is 0 Å². The molecular weight excluding hydrogens is 180 g/mol. The van der Waals surface area contributed by atoms with Gasteiger partial charge in [0.25, 0.3) is 0 Å². The monoisotopic (exact) mass is 202 g/mol. The highest BCUT2D eigenvalue weighted by molar-refractivity contribution is 7.71. The fourth-order valence-corrected chi connectivity index (χ4v) is 1.03. The molecule has 1 rings (SSSR count). The highest BCUT2D eigenvalue weighted by atomic mass is 32.1. The normalized spacial score (nSPS) is 7.92. The van der Waals surface area contributed by atoms with E-state index in [4.69, 9.17) is 12.2 Å². The Morgan fingerprint density at radius 3 is 1.54 bits per heavy atom. The standard InChI is InChI=1S/C6H10N2S.2C2H6/c1-4-5(2)8(3)6(9)7-4;2*1-2/h1-3H3,(H,7,9);2*1-2H3. The van der Waals surface area contributed by atoms with Gasteiger partial charge in [-0.2, -0.15) is 0 Å². The number of rotatable bonds is 0. The number of hydrogen-bond donors (Lipinski definition) is 1. The van der Waals surface area contributed by atoms with Crippen LogP contribution >= 0.6 is 12.2 Å². The van der Waals surface area contributed by atoms with E-state index in [1.807, 2.05) is 53.2 Å². The van der Waals surface area contributed by atoms with Crippen molar-refractivity contribution in [2.45, 2.75) is 41.5 Å². The van der Waals surface area contributed by atoms with E-state index in [0.717, 1.165) is 10.5 Å². The Kier molecular flexibility index (Phi) is 9.24. The number of imidazole rings is 1. The molecule has 0 saturated heterocycles. The third-order valence-corrected chi connectivity index (χ3v) is 2.02. The molecule has 0 atom stereocenters. The molecule has 0 aliphatic heterocycles. The molecule has 3 heteroatoms. The zero-order valence-electron chi connectivity index (χ0n) is 9.86. The summed E-state index contributed by atoms with van der Waals surface area (Å²) < 4.78 is 2.76. The maximum Gasteiger partial charge on any atom is 0.177 e. The number of aromatic amines is 1. The van der Waals surface area contributed by atoms with E-state index in [0.29, 0.717) is 0 Å². The van der Waals surface area contributed by atoms with Gasteiger partial charge < -0.3 is 9.55 Å². The van der Waals surface area contributed by atoms with Crippen LogP contribution in [-0.2, 0) is 7.05 Å². The van der Waals surface area contributed by atoms with Crippen molar-refractivity contribution in [3.8, 4) is 0 Å². The van der Waals surface area contributed by atoms with Crippen molar-refractivity contribution in [2.24, 2.45) is 7.05 Å². The van der Waals surface area contributed by atoms with Crippen molar-refractivity contribution in [1.29, 1.82) is 0 Å². The molecule has 78 valence electrons. The Morgan fingerprint density at radius 2 is 1.46 bits per heavy atom. The molecule has 0 aromatic carbocycles. The van der Waals surface area contributed by atoms with Gasteiger partial charge in [-0.15, -0.1) is 0 Å². The maximum atomic E-state index is 4.97. The zero-order chi connectivity index (χ0) is 11.0. The summed E-state index contributed by atoms with van der Waals surface area (Å²) >= 11 is 4.97. The van der Waals surface area contributed by atoms with Gasteiger partial charge in [0.15, 0.2) is 4.77 Å². The number of nitrogens with zero attached hydrogens (tertiary/aromatic N) is 1. The first-order valence-electron chi connectivity index (χ1n) is 4.85. The van der Waals surface area contributed by atoms with Gasteiger partial charge in [0.2, 0.25) is 0 Å². The van der Waals surface area contributed by atoms with Crippen LogP contribution in [-0.4, -0.2) is 9.55 Å². The summed E-state index contributed by atoms with van der Waals surface area (Å²) in [6.45, 7) is 12.1. The summed E-state index contributed by atoms with van der Waals surface area (Å²) in [5.41, 5.74) is 2.36. The maximum absolute atomic E-state index is 4.97. The Hall–Kier alpha value is -0.570. The van der Waals surface area contributed by atoms with Gasteiger partial charge in [0.1, 0.15) is 0 Å². The number of nitrogens with one attached hydrogen (secondary N) is 1. The molecule has 0 radical (unpaired) electrons. The quantitative estimate of drug-likeness (QED) is 0.635. The molecule has 1 N–H and O–H groups in total. The summed E-state index contributed by atoms with van der Waals surface area (Å²) in [5, 5.41) is 0. The van der Waals surface area contributed by atoms with Crippen LogP contribution in [0.1, 0.15) is 39.1 Å². The smallest absolute Gasteiger partial charge is 0.177 e. The topological polar surface area (TPSA) is 20.7 Å². The van der Waals surface area contributed by atoms with Crippen LogP contribution in [0.25, 0.3) is 0 Å². The van der Waals surface area contributed by atoms with Crippen LogP contribution in [0, 0.1) is 18.6 Å². The number of hydrogen-bond acceptors (Lipinski definition) is 1. The van der Waals surface area contributed by atoms with Crippen LogP contribution in [0.3, 0.4) is 0 Å². The van der Waals surface area contributed by atoms with Gasteiger partial charge in [-0.25, -0.2) is 0 Å². The minimum Gasteiger partial charge on any atom is -0.335 e. The van der Waals surface area contributed by atoms with E-state index in [1.165, 1.54) is 5.69 Å². The summed E-state index contributed by atoms with van der Waals surface area (Å²) in [6, 6.07) is 0. The summed E-state index contributed by atoms with van der Waals surface area (Å²) in [7, 11) is 1.96. The van der Waals surface area contributed by atoms with Crippen LogP contribution in [0.15, 0.2) is 0 Å². The lowest BCUT2D eigenvalue weighted by atomic mass is 10.4. The van der Waals surface area contributed by atoms with E-state index >= 15 is 0 Å². The van der Waals surface area contributed by atoms with Gasteiger partial charge in [-0.05, 0) is 26.1 Å². The van der Waals surface area contributed by atoms with Gasteiger partial charge in [-0.3, -0.25) is 0 Å². The predicted molar refractivity (Wildman–Crippen MR) is 62.8 cm³/mol. The van der Waals surface area contributed by atoms with Crippen molar-refractivity contribution >= 4 is 12.2 Å². The van der Waals surface area contributed by atoms with E-state index < -0.39 is 0 Å². The summed E-state index contributed by atoms with van der Waals surface area (Å²) in [5.74, 6) is 0. The van der Waals surface area contributed by atoms with E-state index in [-0.39, 0.29) is 0 Å². The SMILES string of the molecule is CC.CC.Cc1[nH]c(=S)n(C)c1C. The van der Waals surface area contributed by atoms with Crippen LogP contribution in [0.4, 0.5) is 0 Å². The Morgan fingerprint density at radius 1 is 1.08 bits per heavy atom. The minimum atomic E-state index is 0.796. The first-order chi connectivity index (χ1) is 6.13. The number of aryl methyl sites for hydroxylation is 1. The van der Waals surface area contributed by atoms with Gasteiger partial charge in [-0.1, -0.05) is 27.7 Å². The fourth-order valence-electron chi connectivity index (χ4n) is 0.739. The average molecular weight is 202 g/mol. The molecule has 0 aliphatic rings. The summed E-state index contributed by atoms with van der Waals surface area (Å²) in [6.07, 6.45) is 0. The van der Waals surface area contributed by atoms with E-state index in [9.17, 15) is 0 Å². The van der Waals surface area contributed by atoms with Crippen molar-refractivity contribution in [3.05, 3.63) is 16.2 Å². The second kappa shape index (κ2) is 8.05. The van der Waals surface area contributed by atoms with E-state index in [1.54, 1.807) is 0 Å². The first kappa shape index (κ1) is 14.9. The molecule has 1 aromatic rings. The highest BCUT2D eigenvalue weighted by Crippen LogP contribution is 2.02. The molecule has 1 heterocycles. The largest absolute Gasteiger partial charge is 0.335 e. The molecule has 13 heavy (non-hydrogen) atoms. The van der Waals surface area contributed by atoms with Gasteiger partial charge >= 0.3 is 0 Å². The molecule has 0 spiro atoms. The fraction of sp³-hybridized carbons (Fsp3) is 0.700. The number of aromatic nitrogens is 2. The molecule has 0 fully saturated rings. The second-order valence-corrected chi connectivity index (χ2v) is 2.59. The predicted octanol–water partition coefficient (Wildman–Crippen LogP) is 3.75. The van der Waals surface area contributed by atoms with Crippen molar-refractivity contribution in [3.63, 3.8) is 0 Å². The highest BCUT2D eigenvalue weighted by Gasteiger charge is 1.96. The van der Waals surface area contributed by atoms with Gasteiger partial charge in [0, 0.05) is 18.4 Å².